The molecule has 2 aromatic rings. The van der Waals surface area contributed by atoms with Crippen molar-refractivity contribution in [2.45, 2.75) is 12.8 Å². The van der Waals surface area contributed by atoms with Gasteiger partial charge in [0.05, 0.1) is 37.3 Å². The third-order valence-corrected chi connectivity index (χ3v) is 4.12. The maximum Gasteiger partial charge on any atom is 0.309 e. The van der Waals surface area contributed by atoms with Gasteiger partial charge in [-0.2, -0.15) is 10.2 Å². The van der Waals surface area contributed by atoms with Crippen LogP contribution in [0.3, 0.4) is 0 Å². The molecule has 2 rings (SSSR count). The first kappa shape index (κ1) is 23.5. The van der Waals surface area contributed by atoms with Crippen molar-refractivity contribution < 1.29 is 19.1 Å². The number of nitrogens with zero attached hydrogens (tertiary/aromatic N) is 3. The van der Waals surface area contributed by atoms with E-state index in [0.717, 1.165) is 11.4 Å². The van der Waals surface area contributed by atoms with E-state index >= 15 is 0 Å². The van der Waals surface area contributed by atoms with Crippen molar-refractivity contribution in [2.75, 3.05) is 31.2 Å². The number of esters is 2. The molecule has 0 heterocycles. The molecule has 31 heavy (non-hydrogen) atoms. The lowest BCUT2D eigenvalue weighted by molar-refractivity contribution is -0.142. The molecular weight excluding hydrogens is 394 g/mol. The van der Waals surface area contributed by atoms with Gasteiger partial charge in [0.2, 0.25) is 0 Å². The van der Waals surface area contributed by atoms with Crippen LogP contribution in [0.1, 0.15) is 12.8 Å². The van der Waals surface area contributed by atoms with E-state index in [2.05, 4.69) is 23.4 Å². The second-order valence-electron chi connectivity index (χ2n) is 6.47. The smallest absolute Gasteiger partial charge is 0.309 e. The zero-order chi connectivity index (χ0) is 22.3. The molecule has 0 radical (unpaired) electrons. The minimum Gasteiger partial charge on any atom is -0.464 e. The van der Waals surface area contributed by atoms with Crippen LogP contribution >= 0.6 is 0 Å². The van der Waals surface area contributed by atoms with Crippen molar-refractivity contribution in [1.82, 2.24) is 0 Å². The molecule has 0 unspecified atom stereocenters. The van der Waals surface area contributed by atoms with E-state index in [-0.39, 0.29) is 38.0 Å². The number of benzene rings is 2. The first-order valence-corrected chi connectivity index (χ1v) is 9.97. The minimum absolute atomic E-state index is 0.167. The molecule has 0 aliphatic carbocycles. The topological polar surface area (TPSA) is 80.6 Å². The summed E-state index contributed by atoms with van der Waals surface area (Å²) in [5.41, 5.74) is 2.37. The largest absolute Gasteiger partial charge is 0.464 e. The molecule has 0 amide bonds. The Kier molecular flexibility index (Phi) is 10.2. The van der Waals surface area contributed by atoms with Crippen LogP contribution in [-0.4, -0.2) is 38.2 Å². The number of rotatable bonds is 13. The van der Waals surface area contributed by atoms with E-state index < -0.39 is 0 Å². The summed E-state index contributed by atoms with van der Waals surface area (Å²) in [6.45, 7) is 8.37. The maximum absolute atomic E-state index is 11.6. The summed E-state index contributed by atoms with van der Waals surface area (Å²) in [4.78, 5) is 25.1. The SMILES string of the molecule is C=CCC(=O)OCCN(CCOC(=O)CC=C)c1ccc(N=Nc2ccccc2)cc1. The lowest BCUT2D eigenvalue weighted by Gasteiger charge is -2.24. The van der Waals surface area contributed by atoms with Gasteiger partial charge in [-0.1, -0.05) is 30.4 Å². The molecule has 0 atom stereocenters. The van der Waals surface area contributed by atoms with Crippen LogP contribution in [-0.2, 0) is 19.1 Å². The minimum atomic E-state index is -0.330. The van der Waals surface area contributed by atoms with Crippen molar-refractivity contribution in [3.05, 3.63) is 79.9 Å². The molecule has 0 saturated carbocycles. The summed E-state index contributed by atoms with van der Waals surface area (Å²) in [5.74, 6) is -0.659. The predicted octanol–water partition coefficient (Wildman–Crippen LogP) is 5.15. The zero-order valence-electron chi connectivity index (χ0n) is 17.5. The van der Waals surface area contributed by atoms with Crippen molar-refractivity contribution >= 4 is 29.0 Å². The Morgan fingerprint density at radius 2 is 1.26 bits per heavy atom. The van der Waals surface area contributed by atoms with E-state index in [1.807, 2.05) is 59.5 Å². The molecule has 162 valence electrons. The quantitative estimate of drug-likeness (QED) is 0.254. The summed E-state index contributed by atoms with van der Waals surface area (Å²) >= 11 is 0. The number of carbonyl (C=O) groups excluding carboxylic acids is 2. The van der Waals surface area contributed by atoms with Crippen molar-refractivity contribution in [3.8, 4) is 0 Å². The van der Waals surface area contributed by atoms with Crippen LogP contribution < -0.4 is 4.90 Å². The fourth-order valence-electron chi connectivity index (χ4n) is 2.60. The Morgan fingerprint density at radius 1 is 0.774 bits per heavy atom. The van der Waals surface area contributed by atoms with Crippen molar-refractivity contribution in [2.24, 2.45) is 10.2 Å². The third kappa shape index (κ3) is 9.08. The van der Waals surface area contributed by atoms with Crippen LogP contribution in [0.5, 0.6) is 0 Å². The van der Waals surface area contributed by atoms with Crippen molar-refractivity contribution in [3.63, 3.8) is 0 Å². The highest BCUT2D eigenvalue weighted by atomic mass is 16.5. The normalized spacial score (nSPS) is 10.5. The highest BCUT2D eigenvalue weighted by Crippen LogP contribution is 2.22. The van der Waals surface area contributed by atoms with Crippen molar-refractivity contribution in [1.29, 1.82) is 0 Å². The molecule has 0 aliphatic rings. The zero-order valence-corrected chi connectivity index (χ0v) is 17.5. The summed E-state index contributed by atoms with van der Waals surface area (Å²) in [6, 6.07) is 17.0. The van der Waals surface area contributed by atoms with Gasteiger partial charge in [-0.15, -0.1) is 13.2 Å². The first-order chi connectivity index (χ1) is 15.1. The molecule has 0 fully saturated rings. The average molecular weight is 421 g/mol. The van der Waals surface area contributed by atoms with Gasteiger partial charge in [0.25, 0.3) is 0 Å². The van der Waals surface area contributed by atoms with E-state index in [1.165, 1.54) is 12.2 Å². The number of hydrogen-bond acceptors (Lipinski definition) is 7. The molecule has 0 aromatic heterocycles. The molecule has 7 heteroatoms. The number of carbonyl (C=O) groups is 2. The van der Waals surface area contributed by atoms with Crippen LogP contribution in [0, 0.1) is 0 Å². The highest BCUT2D eigenvalue weighted by molar-refractivity contribution is 5.71. The molecule has 0 aliphatic heterocycles. The average Bonchev–Trinajstić information content (AvgIpc) is 2.78. The second kappa shape index (κ2) is 13.5. The Morgan fingerprint density at radius 3 is 1.74 bits per heavy atom. The summed E-state index contributed by atoms with van der Waals surface area (Å²) in [6.07, 6.45) is 3.34. The first-order valence-electron chi connectivity index (χ1n) is 9.97. The van der Waals surface area contributed by atoms with Gasteiger partial charge in [-0.05, 0) is 36.4 Å². The molecule has 2 aromatic carbocycles. The lowest BCUT2D eigenvalue weighted by atomic mass is 10.2. The monoisotopic (exact) mass is 421 g/mol. The van der Waals surface area contributed by atoms with Gasteiger partial charge < -0.3 is 14.4 Å². The maximum atomic E-state index is 11.6. The van der Waals surface area contributed by atoms with Gasteiger partial charge >= 0.3 is 11.9 Å². The van der Waals surface area contributed by atoms with Crippen LogP contribution in [0.4, 0.5) is 17.1 Å². The molecule has 0 spiro atoms. The fraction of sp³-hybridized carbons (Fsp3) is 0.250. The van der Waals surface area contributed by atoms with Gasteiger partial charge in [0, 0.05) is 5.69 Å². The Balaban J connectivity index is 1.99. The van der Waals surface area contributed by atoms with Gasteiger partial charge in [0.15, 0.2) is 0 Å². The Labute approximate surface area is 182 Å². The summed E-state index contributed by atoms with van der Waals surface area (Å²) in [5, 5.41) is 8.44. The van der Waals surface area contributed by atoms with Gasteiger partial charge in [-0.25, -0.2) is 0 Å². The van der Waals surface area contributed by atoms with E-state index in [9.17, 15) is 9.59 Å². The molecule has 0 bridgehead atoms. The summed E-state index contributed by atoms with van der Waals surface area (Å²) < 4.78 is 10.4. The Bertz CT molecular complexity index is 851. The highest BCUT2D eigenvalue weighted by Gasteiger charge is 2.10. The molecule has 0 N–H and O–H groups in total. The second-order valence-corrected chi connectivity index (χ2v) is 6.47. The predicted molar refractivity (Wildman–Crippen MR) is 121 cm³/mol. The van der Waals surface area contributed by atoms with Crippen LogP contribution in [0.15, 0.2) is 90.1 Å². The summed E-state index contributed by atoms with van der Waals surface area (Å²) in [7, 11) is 0. The molecular formula is C24H27N3O4. The van der Waals surface area contributed by atoms with E-state index in [0.29, 0.717) is 18.8 Å². The molecule has 7 nitrogen and oxygen atoms in total. The third-order valence-electron chi connectivity index (χ3n) is 4.12. The van der Waals surface area contributed by atoms with Gasteiger partial charge in [0.1, 0.15) is 13.2 Å². The fourth-order valence-corrected chi connectivity index (χ4v) is 2.60. The van der Waals surface area contributed by atoms with Crippen LogP contribution in [0.2, 0.25) is 0 Å². The molecule has 0 saturated heterocycles. The van der Waals surface area contributed by atoms with Crippen LogP contribution in [0.25, 0.3) is 0 Å². The Hall–Kier alpha value is -3.74. The van der Waals surface area contributed by atoms with Gasteiger partial charge in [-0.3, -0.25) is 9.59 Å². The number of hydrogen-bond donors (Lipinski definition) is 0. The van der Waals surface area contributed by atoms with E-state index in [4.69, 9.17) is 9.47 Å². The standard InChI is InChI=1S/C24H27N3O4/c1-3-8-23(28)30-18-16-27(17-19-31-24(29)9-4-2)22-14-12-21(13-15-22)26-25-20-10-6-5-7-11-20/h3-7,10-15H,1-2,8-9,16-19H2. The lowest BCUT2D eigenvalue weighted by Crippen LogP contribution is -2.32. The number of azo groups is 1. The van der Waals surface area contributed by atoms with E-state index in [1.54, 1.807) is 0 Å². The number of anilines is 1. The number of ether oxygens (including phenoxy) is 2.